The van der Waals surface area contributed by atoms with Crippen LogP contribution >= 0.6 is 0 Å². The van der Waals surface area contributed by atoms with Gasteiger partial charge in [0.2, 0.25) is 5.91 Å². The number of carbonyl (C=O) groups is 2. The molecule has 2 heterocycles. The molecular weight excluding hydrogens is 567 g/mol. The molecule has 1 aromatic heterocycles. The van der Waals surface area contributed by atoms with Gasteiger partial charge in [0, 0.05) is 37.7 Å². The summed E-state index contributed by atoms with van der Waals surface area (Å²) < 4.78 is 71.0. The van der Waals surface area contributed by atoms with Gasteiger partial charge in [-0.05, 0) is 54.8 Å². The van der Waals surface area contributed by atoms with Crippen LogP contribution in [0, 0.1) is 0 Å². The summed E-state index contributed by atoms with van der Waals surface area (Å²) in [5.41, 5.74) is 3.62. The maximum absolute atomic E-state index is 13.4. The topological polar surface area (TPSA) is 135 Å². The van der Waals surface area contributed by atoms with Crippen LogP contribution in [-0.4, -0.2) is 61.8 Å². The maximum Gasteiger partial charge on any atom is 0.573 e. The number of rotatable bonds is 8. The number of ether oxygens (including phenoxy) is 2. The van der Waals surface area contributed by atoms with Gasteiger partial charge < -0.3 is 14.4 Å². The first-order valence-electron chi connectivity index (χ1n) is 12.3. The monoisotopic (exact) mass is 593 g/mol. The van der Waals surface area contributed by atoms with Crippen molar-refractivity contribution in [3.05, 3.63) is 72.4 Å². The fourth-order valence-electron chi connectivity index (χ4n) is 4.46. The summed E-state index contributed by atoms with van der Waals surface area (Å²) in [6.07, 6.45) is -3.87. The molecule has 1 fully saturated rings. The molecule has 1 aliphatic heterocycles. The van der Waals surface area contributed by atoms with Gasteiger partial charge in [0.25, 0.3) is 5.91 Å². The SMILES string of the molecule is CN(C(=O)Cc1ccc(-c2ccc(S(=O)(=O)C3(C(=O)NO)CCOCC3)cn2)cc1)c1ccc(OC(F)(F)F)cc1. The van der Waals surface area contributed by atoms with E-state index in [-0.39, 0.29) is 43.3 Å². The van der Waals surface area contributed by atoms with E-state index < -0.39 is 32.6 Å². The number of pyridine rings is 1. The number of nitrogens with one attached hydrogen (secondary N) is 1. The van der Waals surface area contributed by atoms with E-state index in [2.05, 4.69) is 9.72 Å². The molecule has 0 radical (unpaired) electrons. The molecule has 0 unspecified atom stereocenters. The van der Waals surface area contributed by atoms with Crippen molar-refractivity contribution in [2.24, 2.45) is 0 Å². The molecule has 0 atom stereocenters. The maximum atomic E-state index is 13.4. The van der Waals surface area contributed by atoms with Crippen LogP contribution in [0.25, 0.3) is 11.3 Å². The molecule has 1 saturated heterocycles. The number of halogens is 3. The van der Waals surface area contributed by atoms with Crippen LogP contribution in [0.4, 0.5) is 18.9 Å². The lowest BCUT2D eigenvalue weighted by atomic mass is 9.98. The molecule has 2 amide bonds. The molecule has 0 spiro atoms. The molecule has 218 valence electrons. The summed E-state index contributed by atoms with van der Waals surface area (Å²) in [5, 5.41) is 9.18. The van der Waals surface area contributed by atoms with Crippen molar-refractivity contribution in [2.75, 3.05) is 25.2 Å². The number of hydrogen-bond acceptors (Lipinski definition) is 8. The van der Waals surface area contributed by atoms with E-state index in [0.29, 0.717) is 22.5 Å². The smallest absolute Gasteiger partial charge is 0.406 e. The Kier molecular flexibility index (Phi) is 8.66. The standard InChI is InChI=1S/C27H26F3N3O7S/c1-33(20-6-8-21(9-7-20)40-27(28,29)30)24(34)16-18-2-4-19(5-3-18)23-11-10-22(17-31-23)41(37,38)26(25(35)32-36)12-14-39-15-13-26/h2-11,17,36H,12-16H2,1H3,(H,32,35). The molecule has 4 rings (SSSR count). The quantitative estimate of drug-likeness (QED) is 0.298. The highest BCUT2D eigenvalue weighted by Gasteiger charge is 2.52. The van der Waals surface area contributed by atoms with Gasteiger partial charge in [0.1, 0.15) is 5.75 Å². The van der Waals surface area contributed by atoms with Crippen molar-refractivity contribution in [3.63, 3.8) is 0 Å². The van der Waals surface area contributed by atoms with Crippen molar-refractivity contribution in [1.82, 2.24) is 10.5 Å². The number of aromatic nitrogens is 1. The normalized spacial score (nSPS) is 15.1. The molecule has 2 aromatic carbocycles. The number of carbonyl (C=O) groups excluding carboxylic acids is 2. The second-order valence-corrected chi connectivity index (χ2v) is 11.6. The van der Waals surface area contributed by atoms with Crippen molar-refractivity contribution in [3.8, 4) is 17.0 Å². The van der Waals surface area contributed by atoms with Crippen molar-refractivity contribution in [2.45, 2.75) is 35.3 Å². The van der Waals surface area contributed by atoms with Crippen molar-refractivity contribution >= 4 is 27.3 Å². The first kappa shape index (κ1) is 30.0. The lowest BCUT2D eigenvalue weighted by Gasteiger charge is -2.34. The summed E-state index contributed by atoms with van der Waals surface area (Å²) >= 11 is 0. The number of likely N-dealkylation sites (N-methyl/N-ethyl adjacent to an activating group) is 1. The number of amides is 2. The van der Waals surface area contributed by atoms with Gasteiger partial charge in [-0.2, -0.15) is 0 Å². The Hall–Kier alpha value is -4.01. The number of nitrogens with zero attached hydrogens (tertiary/aromatic N) is 2. The lowest BCUT2D eigenvalue weighted by molar-refractivity contribution is -0.274. The van der Waals surface area contributed by atoms with Crippen LogP contribution in [0.1, 0.15) is 18.4 Å². The zero-order chi connectivity index (χ0) is 29.8. The zero-order valence-corrected chi connectivity index (χ0v) is 22.5. The Balaban J connectivity index is 1.44. The Morgan fingerprint density at radius 3 is 2.22 bits per heavy atom. The number of benzene rings is 2. The number of alkyl halides is 3. The average molecular weight is 594 g/mol. The highest BCUT2D eigenvalue weighted by Crippen LogP contribution is 2.35. The lowest BCUT2D eigenvalue weighted by Crippen LogP contribution is -2.54. The Labute approximate surface area is 233 Å². The van der Waals surface area contributed by atoms with Gasteiger partial charge in [-0.25, -0.2) is 13.9 Å². The van der Waals surface area contributed by atoms with Gasteiger partial charge in [-0.3, -0.25) is 19.8 Å². The largest absolute Gasteiger partial charge is 0.573 e. The predicted octanol–water partition coefficient (Wildman–Crippen LogP) is 3.68. The number of sulfone groups is 1. The molecule has 10 nitrogen and oxygen atoms in total. The van der Waals surface area contributed by atoms with Gasteiger partial charge in [0.05, 0.1) is 17.0 Å². The fourth-order valence-corrected chi connectivity index (χ4v) is 6.34. The molecule has 1 aliphatic rings. The van der Waals surface area contributed by atoms with E-state index in [4.69, 9.17) is 4.74 Å². The van der Waals surface area contributed by atoms with Crippen LogP contribution in [0.15, 0.2) is 71.8 Å². The van der Waals surface area contributed by atoms with E-state index in [1.54, 1.807) is 24.3 Å². The minimum atomic E-state index is -4.81. The summed E-state index contributed by atoms with van der Waals surface area (Å²) in [7, 11) is -2.70. The summed E-state index contributed by atoms with van der Waals surface area (Å²) in [6, 6.07) is 14.6. The van der Waals surface area contributed by atoms with Crippen LogP contribution in [0.3, 0.4) is 0 Å². The van der Waals surface area contributed by atoms with Crippen molar-refractivity contribution in [1.29, 1.82) is 0 Å². The third-order valence-electron chi connectivity index (χ3n) is 6.81. The Bertz CT molecular complexity index is 1490. The van der Waals surface area contributed by atoms with E-state index >= 15 is 0 Å². The molecule has 2 N–H and O–H groups in total. The first-order valence-corrected chi connectivity index (χ1v) is 13.8. The molecule has 41 heavy (non-hydrogen) atoms. The van der Waals surface area contributed by atoms with Gasteiger partial charge in [-0.15, -0.1) is 13.2 Å². The minimum absolute atomic E-state index is 0.0148. The van der Waals surface area contributed by atoms with Gasteiger partial charge in [0.15, 0.2) is 14.6 Å². The summed E-state index contributed by atoms with van der Waals surface area (Å²) in [4.78, 5) is 30.5. The average Bonchev–Trinajstić information content (AvgIpc) is 2.96. The van der Waals surface area contributed by atoms with Crippen LogP contribution in [0.2, 0.25) is 0 Å². The number of hydroxylamine groups is 1. The number of anilines is 1. The van der Waals surface area contributed by atoms with E-state index in [1.165, 1.54) is 41.7 Å². The molecule has 0 saturated carbocycles. The minimum Gasteiger partial charge on any atom is -0.406 e. The second kappa shape index (κ2) is 11.8. The molecular formula is C27H26F3N3O7S. The second-order valence-electron chi connectivity index (χ2n) is 9.30. The Morgan fingerprint density at radius 1 is 1.05 bits per heavy atom. The molecule has 14 heteroatoms. The summed E-state index contributed by atoms with van der Waals surface area (Å²) in [5.74, 6) is -1.72. The van der Waals surface area contributed by atoms with Gasteiger partial charge >= 0.3 is 6.36 Å². The van der Waals surface area contributed by atoms with Crippen LogP contribution in [-0.2, 0) is 30.6 Å². The summed E-state index contributed by atoms with van der Waals surface area (Å²) in [6.45, 7) is 0.0952. The third-order valence-corrected chi connectivity index (χ3v) is 9.30. The fraction of sp³-hybridized carbons (Fsp3) is 0.296. The van der Waals surface area contributed by atoms with E-state index in [1.807, 2.05) is 0 Å². The van der Waals surface area contributed by atoms with Crippen molar-refractivity contribution < 1.29 is 45.9 Å². The first-order chi connectivity index (χ1) is 19.4. The van der Waals surface area contributed by atoms with E-state index in [9.17, 15) is 36.4 Å². The number of hydrogen-bond donors (Lipinski definition) is 2. The van der Waals surface area contributed by atoms with Crippen LogP contribution < -0.4 is 15.1 Å². The Morgan fingerprint density at radius 2 is 1.68 bits per heavy atom. The van der Waals surface area contributed by atoms with E-state index in [0.717, 1.165) is 18.3 Å². The predicted molar refractivity (Wildman–Crippen MR) is 140 cm³/mol. The molecule has 0 bridgehead atoms. The zero-order valence-electron chi connectivity index (χ0n) is 21.7. The molecule has 3 aromatic rings. The van der Waals surface area contributed by atoms with Crippen LogP contribution in [0.5, 0.6) is 5.75 Å². The molecule has 0 aliphatic carbocycles. The van der Waals surface area contributed by atoms with Gasteiger partial charge in [-0.1, -0.05) is 24.3 Å². The third kappa shape index (κ3) is 6.50. The highest BCUT2D eigenvalue weighted by molar-refractivity contribution is 7.93. The highest BCUT2D eigenvalue weighted by atomic mass is 32.2.